The van der Waals surface area contributed by atoms with Crippen molar-refractivity contribution in [1.29, 1.82) is 0 Å². The predicted molar refractivity (Wildman–Crippen MR) is 41.6 cm³/mol. The molecule has 0 aromatic heterocycles. The highest BCUT2D eigenvalue weighted by Gasteiger charge is 1.99. The van der Waals surface area contributed by atoms with E-state index in [9.17, 15) is 4.39 Å². The summed E-state index contributed by atoms with van der Waals surface area (Å²) in [5, 5.41) is 8.36. The van der Waals surface area contributed by atoms with Crippen LogP contribution in [-0.2, 0) is 6.54 Å². The zero-order valence-electron chi connectivity index (χ0n) is 6.67. The predicted octanol–water partition coefficient (Wildman–Crippen LogP) is 1.31. The zero-order chi connectivity index (χ0) is 8.97. The second-order valence-electron chi connectivity index (χ2n) is 2.33. The average Bonchev–Trinajstić information content (AvgIpc) is 2.04. The van der Waals surface area contributed by atoms with Crippen molar-refractivity contribution in [2.45, 2.75) is 6.54 Å². The van der Waals surface area contributed by atoms with E-state index in [4.69, 9.17) is 9.94 Å². The molecule has 4 heteroatoms. The molecule has 66 valence electrons. The van der Waals surface area contributed by atoms with Gasteiger partial charge < -0.3 is 9.94 Å². The van der Waals surface area contributed by atoms with E-state index in [2.05, 4.69) is 0 Å². The summed E-state index contributed by atoms with van der Waals surface area (Å²) in [4.78, 5) is 0. The topological polar surface area (TPSA) is 41.5 Å². The maximum absolute atomic E-state index is 12.7. The lowest BCUT2D eigenvalue weighted by Gasteiger charge is -2.03. The van der Waals surface area contributed by atoms with Crippen LogP contribution in [0.1, 0.15) is 5.56 Å². The number of ether oxygens (including phenoxy) is 1. The molecular formula is C8H10FNO2. The Bertz CT molecular complexity index is 265. The van der Waals surface area contributed by atoms with Crippen LogP contribution in [0.2, 0.25) is 0 Å². The van der Waals surface area contributed by atoms with Crippen molar-refractivity contribution in [1.82, 2.24) is 5.48 Å². The van der Waals surface area contributed by atoms with Gasteiger partial charge >= 0.3 is 0 Å². The van der Waals surface area contributed by atoms with Crippen LogP contribution in [0, 0.1) is 5.82 Å². The lowest BCUT2D eigenvalue weighted by Crippen LogP contribution is -2.06. The summed E-state index contributed by atoms with van der Waals surface area (Å²) in [6.45, 7) is 0.202. The van der Waals surface area contributed by atoms with Gasteiger partial charge in [0.2, 0.25) is 0 Å². The van der Waals surface area contributed by atoms with Crippen molar-refractivity contribution in [2.24, 2.45) is 0 Å². The molecule has 12 heavy (non-hydrogen) atoms. The highest BCUT2D eigenvalue weighted by molar-refractivity contribution is 5.29. The molecule has 0 spiro atoms. The summed E-state index contributed by atoms with van der Waals surface area (Å²) in [7, 11) is 1.46. The van der Waals surface area contributed by atoms with E-state index >= 15 is 0 Å². The third-order valence-corrected chi connectivity index (χ3v) is 1.45. The van der Waals surface area contributed by atoms with Crippen LogP contribution in [0.3, 0.4) is 0 Å². The molecule has 0 unspecified atom stereocenters. The Labute approximate surface area is 69.7 Å². The largest absolute Gasteiger partial charge is 0.497 e. The number of halogens is 1. The number of hydrogen-bond acceptors (Lipinski definition) is 3. The summed E-state index contributed by atoms with van der Waals surface area (Å²) in [5.74, 6) is 0.0693. The summed E-state index contributed by atoms with van der Waals surface area (Å²) < 4.78 is 17.6. The molecule has 2 N–H and O–H groups in total. The molecule has 1 aromatic rings. The van der Waals surface area contributed by atoms with Crippen LogP contribution in [-0.4, -0.2) is 12.3 Å². The monoisotopic (exact) mass is 171 g/mol. The molecule has 0 bridgehead atoms. The first-order chi connectivity index (χ1) is 5.76. The lowest BCUT2D eigenvalue weighted by atomic mass is 10.2. The first-order valence-corrected chi connectivity index (χ1v) is 3.46. The molecule has 1 rings (SSSR count). The van der Waals surface area contributed by atoms with Crippen LogP contribution < -0.4 is 10.2 Å². The Morgan fingerprint density at radius 2 is 2.25 bits per heavy atom. The van der Waals surface area contributed by atoms with Crippen molar-refractivity contribution in [3.8, 4) is 5.75 Å². The van der Waals surface area contributed by atoms with E-state index in [1.54, 1.807) is 6.07 Å². The number of methoxy groups -OCH3 is 1. The van der Waals surface area contributed by atoms with E-state index in [-0.39, 0.29) is 12.4 Å². The fraction of sp³-hybridized carbons (Fsp3) is 0.250. The lowest BCUT2D eigenvalue weighted by molar-refractivity contribution is 0.161. The molecule has 1 aromatic carbocycles. The first-order valence-electron chi connectivity index (χ1n) is 3.46. The van der Waals surface area contributed by atoms with E-state index < -0.39 is 0 Å². The number of hydroxylamine groups is 1. The summed E-state index contributed by atoms with van der Waals surface area (Å²) in [6, 6.07) is 4.25. The SMILES string of the molecule is COc1cc(F)cc(CNO)c1. The van der Waals surface area contributed by atoms with Gasteiger partial charge in [-0.15, -0.1) is 0 Å². The van der Waals surface area contributed by atoms with Crippen LogP contribution in [0.15, 0.2) is 18.2 Å². The third kappa shape index (κ3) is 2.18. The van der Waals surface area contributed by atoms with Crippen molar-refractivity contribution in [3.63, 3.8) is 0 Å². The van der Waals surface area contributed by atoms with Crippen LogP contribution in [0.5, 0.6) is 5.75 Å². The molecular weight excluding hydrogens is 161 g/mol. The Balaban J connectivity index is 2.90. The van der Waals surface area contributed by atoms with Gasteiger partial charge in [0.1, 0.15) is 11.6 Å². The molecule has 0 radical (unpaired) electrons. The summed E-state index contributed by atoms with van der Waals surface area (Å²) >= 11 is 0. The molecule has 0 amide bonds. The fourth-order valence-corrected chi connectivity index (χ4v) is 0.932. The highest BCUT2D eigenvalue weighted by atomic mass is 19.1. The Hall–Kier alpha value is -1.13. The first kappa shape index (κ1) is 8.96. The highest BCUT2D eigenvalue weighted by Crippen LogP contribution is 2.15. The number of nitrogens with one attached hydrogen (secondary N) is 1. The molecule has 0 aliphatic heterocycles. The maximum Gasteiger partial charge on any atom is 0.127 e. The normalized spacial score (nSPS) is 9.92. The molecule has 3 nitrogen and oxygen atoms in total. The van der Waals surface area contributed by atoms with Crippen molar-refractivity contribution in [3.05, 3.63) is 29.6 Å². The number of hydrogen-bond donors (Lipinski definition) is 2. The average molecular weight is 171 g/mol. The Morgan fingerprint density at radius 1 is 1.50 bits per heavy atom. The van der Waals surface area contributed by atoms with Crippen molar-refractivity contribution >= 4 is 0 Å². The zero-order valence-corrected chi connectivity index (χ0v) is 6.67. The van der Waals surface area contributed by atoms with E-state index in [0.29, 0.717) is 11.3 Å². The quantitative estimate of drug-likeness (QED) is 0.674. The van der Waals surface area contributed by atoms with Gasteiger partial charge in [0.15, 0.2) is 0 Å². The van der Waals surface area contributed by atoms with Gasteiger partial charge in [-0.25, -0.2) is 9.87 Å². The second kappa shape index (κ2) is 4.04. The minimum atomic E-state index is -0.375. The van der Waals surface area contributed by atoms with Gasteiger partial charge in [0, 0.05) is 12.6 Å². The molecule has 0 heterocycles. The minimum Gasteiger partial charge on any atom is -0.497 e. The number of rotatable bonds is 3. The van der Waals surface area contributed by atoms with E-state index in [1.165, 1.54) is 19.2 Å². The van der Waals surface area contributed by atoms with E-state index in [0.717, 1.165) is 0 Å². The Morgan fingerprint density at radius 3 is 2.83 bits per heavy atom. The standard InChI is InChI=1S/C8H10FNO2/c1-12-8-3-6(5-10-11)2-7(9)4-8/h2-4,10-11H,5H2,1H3. The molecule has 0 fully saturated rings. The van der Waals surface area contributed by atoms with Gasteiger partial charge in [-0.05, 0) is 17.7 Å². The molecule has 0 atom stereocenters. The van der Waals surface area contributed by atoms with Crippen molar-refractivity contribution in [2.75, 3.05) is 7.11 Å². The van der Waals surface area contributed by atoms with Gasteiger partial charge in [0.05, 0.1) is 7.11 Å². The second-order valence-corrected chi connectivity index (χ2v) is 2.33. The van der Waals surface area contributed by atoms with Gasteiger partial charge in [-0.3, -0.25) is 0 Å². The molecule has 0 saturated carbocycles. The Kier molecular flexibility index (Phi) is 3.01. The minimum absolute atomic E-state index is 0.202. The van der Waals surface area contributed by atoms with Gasteiger partial charge in [-0.2, -0.15) is 0 Å². The molecule has 0 saturated heterocycles. The molecule has 0 aliphatic carbocycles. The summed E-state index contributed by atoms with van der Waals surface area (Å²) in [6.07, 6.45) is 0. The fourth-order valence-electron chi connectivity index (χ4n) is 0.932. The maximum atomic E-state index is 12.7. The third-order valence-electron chi connectivity index (χ3n) is 1.45. The van der Waals surface area contributed by atoms with Crippen LogP contribution in [0.4, 0.5) is 4.39 Å². The number of benzene rings is 1. The van der Waals surface area contributed by atoms with Crippen molar-refractivity contribution < 1.29 is 14.3 Å². The van der Waals surface area contributed by atoms with Gasteiger partial charge in [-0.1, -0.05) is 0 Å². The van der Waals surface area contributed by atoms with E-state index in [1.807, 2.05) is 5.48 Å². The summed E-state index contributed by atoms with van der Waals surface area (Å²) in [5.41, 5.74) is 2.57. The smallest absolute Gasteiger partial charge is 0.127 e. The van der Waals surface area contributed by atoms with Gasteiger partial charge in [0.25, 0.3) is 0 Å². The van der Waals surface area contributed by atoms with Crippen LogP contribution >= 0.6 is 0 Å². The molecule has 0 aliphatic rings. The van der Waals surface area contributed by atoms with Crippen LogP contribution in [0.25, 0.3) is 0 Å².